The topological polar surface area (TPSA) is 46.9 Å². The van der Waals surface area contributed by atoms with Crippen molar-refractivity contribution >= 4 is 0 Å². The zero-order chi connectivity index (χ0) is 13.7. The maximum absolute atomic E-state index is 13.5. The molecule has 1 aromatic rings. The molecule has 1 atom stereocenters. The van der Waals surface area contributed by atoms with E-state index in [1.54, 1.807) is 18.2 Å². The van der Waals surface area contributed by atoms with Crippen molar-refractivity contribution in [2.24, 2.45) is 0 Å². The molecule has 1 heterocycles. The van der Waals surface area contributed by atoms with Crippen molar-refractivity contribution < 1.29 is 14.6 Å². The fraction of sp³-hybridized carbons (Fsp3) is 0.571. The van der Waals surface area contributed by atoms with Gasteiger partial charge in [0, 0.05) is 44.8 Å². The summed E-state index contributed by atoms with van der Waals surface area (Å²) in [6.07, 6.45) is -0.786. The van der Waals surface area contributed by atoms with Crippen LogP contribution >= 0.6 is 0 Å². The van der Waals surface area contributed by atoms with E-state index in [9.17, 15) is 9.50 Å². The SMILES string of the molecule is OCCN1CCN(C[C@H](O)c2ccccc2F)CC1. The highest BCUT2D eigenvalue weighted by Gasteiger charge is 2.20. The van der Waals surface area contributed by atoms with Crippen LogP contribution in [-0.4, -0.2) is 65.9 Å². The van der Waals surface area contributed by atoms with Crippen molar-refractivity contribution in [1.82, 2.24) is 9.80 Å². The van der Waals surface area contributed by atoms with Gasteiger partial charge in [-0.3, -0.25) is 9.80 Å². The largest absolute Gasteiger partial charge is 0.395 e. The number of aliphatic hydroxyl groups excluding tert-OH is 2. The Hall–Kier alpha value is -1.01. The monoisotopic (exact) mass is 268 g/mol. The molecule has 0 spiro atoms. The third-order valence-electron chi connectivity index (χ3n) is 3.58. The highest BCUT2D eigenvalue weighted by molar-refractivity contribution is 5.20. The van der Waals surface area contributed by atoms with Crippen molar-refractivity contribution in [2.75, 3.05) is 45.9 Å². The molecule has 0 aromatic heterocycles. The van der Waals surface area contributed by atoms with Gasteiger partial charge in [0.1, 0.15) is 5.82 Å². The number of nitrogens with zero attached hydrogens (tertiary/aromatic N) is 2. The average Bonchev–Trinajstić information content (AvgIpc) is 2.42. The summed E-state index contributed by atoms with van der Waals surface area (Å²) in [7, 11) is 0. The molecule has 0 bridgehead atoms. The minimum atomic E-state index is -0.786. The molecular weight excluding hydrogens is 247 g/mol. The predicted octanol–water partition coefficient (Wildman–Crippen LogP) is 0.469. The molecule has 2 rings (SSSR count). The molecular formula is C14H21FN2O2. The second-order valence-corrected chi connectivity index (χ2v) is 4.90. The highest BCUT2D eigenvalue weighted by atomic mass is 19.1. The molecule has 1 aliphatic rings. The summed E-state index contributed by atoms with van der Waals surface area (Å²) in [6.45, 7) is 4.77. The van der Waals surface area contributed by atoms with Crippen LogP contribution < -0.4 is 0 Å². The molecule has 0 amide bonds. The molecule has 0 aliphatic carbocycles. The van der Waals surface area contributed by atoms with Crippen molar-refractivity contribution in [3.05, 3.63) is 35.6 Å². The average molecular weight is 268 g/mol. The summed E-state index contributed by atoms with van der Waals surface area (Å²) in [6, 6.07) is 6.36. The van der Waals surface area contributed by atoms with Gasteiger partial charge >= 0.3 is 0 Å². The van der Waals surface area contributed by atoms with E-state index in [4.69, 9.17) is 5.11 Å². The van der Waals surface area contributed by atoms with Gasteiger partial charge in [-0.05, 0) is 6.07 Å². The lowest BCUT2D eigenvalue weighted by molar-refractivity contribution is 0.0647. The zero-order valence-corrected chi connectivity index (χ0v) is 11.0. The number of benzene rings is 1. The number of rotatable bonds is 5. The first kappa shape index (κ1) is 14.4. The number of hydrogen-bond donors (Lipinski definition) is 2. The quantitative estimate of drug-likeness (QED) is 0.815. The fourth-order valence-electron chi connectivity index (χ4n) is 2.43. The number of β-amino-alcohol motifs (C(OH)–C–C–N with tert-alkyl or cyclic N) is 2. The fourth-order valence-corrected chi connectivity index (χ4v) is 2.43. The van der Waals surface area contributed by atoms with E-state index in [0.29, 0.717) is 18.7 Å². The maximum atomic E-state index is 13.5. The molecule has 4 nitrogen and oxygen atoms in total. The van der Waals surface area contributed by atoms with E-state index in [1.807, 2.05) is 0 Å². The minimum absolute atomic E-state index is 0.178. The van der Waals surface area contributed by atoms with E-state index in [0.717, 1.165) is 26.2 Å². The van der Waals surface area contributed by atoms with E-state index < -0.39 is 6.10 Å². The number of aliphatic hydroxyl groups is 2. The summed E-state index contributed by atoms with van der Waals surface area (Å²) in [5.41, 5.74) is 0.361. The Labute approximate surface area is 113 Å². The molecule has 0 radical (unpaired) electrons. The molecule has 1 aromatic carbocycles. The van der Waals surface area contributed by atoms with Crippen LogP contribution in [0.4, 0.5) is 4.39 Å². The van der Waals surface area contributed by atoms with Crippen molar-refractivity contribution in [2.45, 2.75) is 6.10 Å². The standard InChI is InChI=1S/C14H21FN2O2/c15-13-4-2-1-3-12(13)14(19)11-17-7-5-16(6-8-17)9-10-18/h1-4,14,18-19H,5-11H2/t14-/m0/s1. The van der Waals surface area contributed by atoms with Crippen LogP contribution in [0.15, 0.2) is 24.3 Å². The van der Waals surface area contributed by atoms with Gasteiger partial charge in [0.2, 0.25) is 0 Å². The Bertz CT molecular complexity index is 395. The molecule has 1 saturated heterocycles. The van der Waals surface area contributed by atoms with Gasteiger partial charge in [-0.15, -0.1) is 0 Å². The number of piperazine rings is 1. The Kier molecular flexibility index (Phi) is 5.27. The molecule has 0 saturated carbocycles. The normalized spacial score (nSPS) is 19.5. The van der Waals surface area contributed by atoms with E-state index >= 15 is 0 Å². The first-order chi connectivity index (χ1) is 9.20. The summed E-state index contributed by atoms with van der Waals surface area (Å²) < 4.78 is 13.5. The first-order valence-corrected chi connectivity index (χ1v) is 6.69. The van der Waals surface area contributed by atoms with E-state index in [2.05, 4.69) is 9.80 Å². The Morgan fingerprint density at radius 2 is 1.74 bits per heavy atom. The van der Waals surface area contributed by atoms with Crippen molar-refractivity contribution in [3.8, 4) is 0 Å². The second kappa shape index (κ2) is 6.96. The van der Waals surface area contributed by atoms with Crippen LogP contribution in [-0.2, 0) is 0 Å². The summed E-state index contributed by atoms with van der Waals surface area (Å²) in [5.74, 6) is -0.353. The van der Waals surface area contributed by atoms with Crippen LogP contribution in [0.1, 0.15) is 11.7 Å². The first-order valence-electron chi connectivity index (χ1n) is 6.69. The van der Waals surface area contributed by atoms with Crippen LogP contribution in [0.3, 0.4) is 0 Å². The van der Waals surface area contributed by atoms with Crippen LogP contribution in [0.5, 0.6) is 0 Å². The van der Waals surface area contributed by atoms with Crippen LogP contribution in [0.2, 0.25) is 0 Å². The Morgan fingerprint density at radius 3 is 2.37 bits per heavy atom. The van der Waals surface area contributed by atoms with Gasteiger partial charge in [-0.2, -0.15) is 0 Å². The molecule has 106 valence electrons. The minimum Gasteiger partial charge on any atom is -0.395 e. The lowest BCUT2D eigenvalue weighted by Crippen LogP contribution is -2.48. The van der Waals surface area contributed by atoms with Crippen molar-refractivity contribution in [1.29, 1.82) is 0 Å². The highest BCUT2D eigenvalue weighted by Crippen LogP contribution is 2.18. The maximum Gasteiger partial charge on any atom is 0.129 e. The van der Waals surface area contributed by atoms with E-state index in [-0.39, 0.29) is 12.4 Å². The van der Waals surface area contributed by atoms with Gasteiger partial charge in [0.15, 0.2) is 0 Å². The Balaban J connectivity index is 1.84. The van der Waals surface area contributed by atoms with E-state index in [1.165, 1.54) is 6.07 Å². The zero-order valence-electron chi connectivity index (χ0n) is 11.0. The molecule has 19 heavy (non-hydrogen) atoms. The lowest BCUT2D eigenvalue weighted by Gasteiger charge is -2.35. The lowest BCUT2D eigenvalue weighted by atomic mass is 10.1. The van der Waals surface area contributed by atoms with Crippen molar-refractivity contribution in [3.63, 3.8) is 0 Å². The molecule has 5 heteroatoms. The number of halogens is 1. The smallest absolute Gasteiger partial charge is 0.129 e. The van der Waals surface area contributed by atoms with Crippen LogP contribution in [0, 0.1) is 5.82 Å². The number of hydrogen-bond acceptors (Lipinski definition) is 4. The second-order valence-electron chi connectivity index (χ2n) is 4.90. The van der Waals surface area contributed by atoms with Gasteiger partial charge < -0.3 is 10.2 Å². The van der Waals surface area contributed by atoms with Gasteiger partial charge in [0.25, 0.3) is 0 Å². The predicted molar refractivity (Wildman–Crippen MR) is 71.3 cm³/mol. The van der Waals surface area contributed by atoms with Gasteiger partial charge in [-0.1, -0.05) is 18.2 Å². The third-order valence-corrected chi connectivity index (χ3v) is 3.58. The molecule has 1 fully saturated rings. The summed E-state index contributed by atoms with van der Waals surface area (Å²) in [4.78, 5) is 4.32. The summed E-state index contributed by atoms with van der Waals surface area (Å²) >= 11 is 0. The Morgan fingerprint density at radius 1 is 1.11 bits per heavy atom. The van der Waals surface area contributed by atoms with Crippen LogP contribution in [0.25, 0.3) is 0 Å². The molecule has 2 N–H and O–H groups in total. The summed E-state index contributed by atoms with van der Waals surface area (Å²) in [5, 5.41) is 19.0. The molecule has 0 unspecified atom stereocenters. The van der Waals surface area contributed by atoms with Gasteiger partial charge in [0.05, 0.1) is 12.7 Å². The third kappa shape index (κ3) is 3.98. The molecule has 1 aliphatic heterocycles. The van der Waals surface area contributed by atoms with Gasteiger partial charge in [-0.25, -0.2) is 4.39 Å².